The third-order valence-corrected chi connectivity index (χ3v) is 3.88. The van der Waals surface area contributed by atoms with Crippen LogP contribution in [0.4, 0.5) is 0 Å². The number of hydrogen-bond acceptors (Lipinski definition) is 6. The van der Waals surface area contributed by atoms with Crippen molar-refractivity contribution in [3.63, 3.8) is 0 Å². The van der Waals surface area contributed by atoms with E-state index < -0.39 is 5.97 Å². The first-order valence-electron chi connectivity index (χ1n) is 6.11. The lowest BCUT2D eigenvalue weighted by Gasteiger charge is -2.38. The first-order valence-corrected chi connectivity index (χ1v) is 7.27. The first-order chi connectivity index (χ1) is 9.61. The topological polar surface area (TPSA) is 97.5 Å². The van der Waals surface area contributed by atoms with Crippen molar-refractivity contribution in [1.29, 1.82) is 0 Å². The van der Waals surface area contributed by atoms with Gasteiger partial charge in [0.15, 0.2) is 5.69 Å². The van der Waals surface area contributed by atoms with Crippen LogP contribution in [0.1, 0.15) is 16.5 Å². The Hall–Kier alpha value is -1.61. The molecule has 1 amide bonds. The molecule has 0 unspecified atom stereocenters. The number of likely N-dealkylation sites (tertiary alicyclic amines) is 1. The Morgan fingerprint density at radius 3 is 2.90 bits per heavy atom. The van der Waals surface area contributed by atoms with Crippen molar-refractivity contribution in [2.24, 2.45) is 0 Å². The van der Waals surface area contributed by atoms with Crippen LogP contribution in [0, 0.1) is 0 Å². The van der Waals surface area contributed by atoms with E-state index in [0.717, 1.165) is 5.75 Å². The maximum atomic E-state index is 11.8. The monoisotopic (exact) mass is 300 g/mol. The molecule has 1 aromatic heterocycles. The molecule has 1 aliphatic heterocycles. The maximum Gasteiger partial charge on any atom is 0.358 e. The van der Waals surface area contributed by atoms with Crippen LogP contribution >= 0.6 is 11.8 Å². The summed E-state index contributed by atoms with van der Waals surface area (Å²) in [6.45, 7) is 1.73. The zero-order chi connectivity index (χ0) is 14.5. The Morgan fingerprint density at radius 1 is 1.55 bits per heavy atom. The van der Waals surface area contributed by atoms with Crippen LogP contribution in [0.2, 0.25) is 0 Å². The summed E-state index contributed by atoms with van der Waals surface area (Å²) < 4.78 is 6.41. The van der Waals surface area contributed by atoms with Gasteiger partial charge in [0.2, 0.25) is 5.91 Å². The normalized spacial score (nSPS) is 15.2. The second-order valence-corrected chi connectivity index (χ2v) is 5.49. The summed E-state index contributed by atoms with van der Waals surface area (Å²) in [5.74, 6) is 0.220. The summed E-state index contributed by atoms with van der Waals surface area (Å²) in [6.07, 6.45) is 1.39. The van der Waals surface area contributed by atoms with Crippen LogP contribution in [0.5, 0.6) is 0 Å². The standard InChI is InChI=1S/C11H16N4O4S/c1-19-2-3-20-7-10(16)14-4-8(5-14)15-6-9(11(17)18)12-13-15/h6,8H,2-5,7H2,1H3,(H,17,18). The Kier molecular flexibility index (Phi) is 4.96. The van der Waals surface area contributed by atoms with Crippen LogP contribution in [-0.4, -0.2) is 75.2 Å². The van der Waals surface area contributed by atoms with Gasteiger partial charge in [-0.25, -0.2) is 9.48 Å². The number of nitrogens with zero attached hydrogens (tertiary/aromatic N) is 4. The molecule has 0 spiro atoms. The lowest BCUT2D eigenvalue weighted by Crippen LogP contribution is -2.51. The molecule has 1 aliphatic rings. The van der Waals surface area contributed by atoms with Crippen molar-refractivity contribution in [2.75, 3.05) is 38.3 Å². The summed E-state index contributed by atoms with van der Waals surface area (Å²) in [5, 5.41) is 16.1. The fraction of sp³-hybridized carbons (Fsp3) is 0.636. The van der Waals surface area contributed by atoms with E-state index in [9.17, 15) is 9.59 Å². The number of hydrogen-bond donors (Lipinski definition) is 1. The molecule has 2 rings (SSSR count). The Labute approximate surface area is 120 Å². The molecule has 20 heavy (non-hydrogen) atoms. The molecule has 0 saturated carbocycles. The third-order valence-electron chi connectivity index (χ3n) is 2.98. The summed E-state index contributed by atoms with van der Waals surface area (Å²) in [7, 11) is 1.63. The van der Waals surface area contributed by atoms with Crippen molar-refractivity contribution in [3.05, 3.63) is 11.9 Å². The smallest absolute Gasteiger partial charge is 0.358 e. The molecule has 110 valence electrons. The minimum atomic E-state index is -1.10. The molecule has 8 nitrogen and oxygen atoms in total. The Morgan fingerprint density at radius 2 is 2.30 bits per heavy atom. The molecule has 1 N–H and O–H groups in total. The van der Waals surface area contributed by atoms with E-state index in [1.54, 1.807) is 12.0 Å². The molecule has 9 heteroatoms. The summed E-state index contributed by atoms with van der Waals surface area (Å²) in [5.41, 5.74) is -0.0788. The molecule has 0 bridgehead atoms. The number of carbonyl (C=O) groups is 2. The fourth-order valence-electron chi connectivity index (χ4n) is 1.77. The average molecular weight is 300 g/mol. The summed E-state index contributed by atoms with van der Waals surface area (Å²) in [4.78, 5) is 24.2. The molecule has 0 radical (unpaired) electrons. The van der Waals surface area contributed by atoms with E-state index in [-0.39, 0.29) is 17.6 Å². The second-order valence-electron chi connectivity index (χ2n) is 4.39. The average Bonchev–Trinajstić information content (AvgIpc) is 2.82. The van der Waals surface area contributed by atoms with Gasteiger partial charge in [-0.2, -0.15) is 0 Å². The van der Waals surface area contributed by atoms with Crippen LogP contribution in [-0.2, 0) is 9.53 Å². The summed E-state index contributed by atoms with van der Waals surface area (Å²) in [6, 6.07) is 0.0172. The van der Waals surface area contributed by atoms with E-state index in [4.69, 9.17) is 9.84 Å². The van der Waals surface area contributed by atoms with Gasteiger partial charge in [-0.1, -0.05) is 5.21 Å². The molecule has 1 saturated heterocycles. The van der Waals surface area contributed by atoms with Gasteiger partial charge >= 0.3 is 5.97 Å². The molecule has 2 heterocycles. The lowest BCUT2D eigenvalue weighted by atomic mass is 10.1. The van der Waals surface area contributed by atoms with Gasteiger partial charge < -0.3 is 14.7 Å². The van der Waals surface area contributed by atoms with Gasteiger partial charge in [0, 0.05) is 26.0 Å². The zero-order valence-corrected chi connectivity index (χ0v) is 11.9. The quantitative estimate of drug-likeness (QED) is 0.693. The number of rotatable bonds is 7. The van der Waals surface area contributed by atoms with Crippen molar-refractivity contribution >= 4 is 23.6 Å². The molecular formula is C11H16N4O4S. The van der Waals surface area contributed by atoms with E-state index in [1.165, 1.54) is 22.6 Å². The number of ether oxygens (including phenoxy) is 1. The Bertz CT molecular complexity index is 487. The van der Waals surface area contributed by atoms with Crippen molar-refractivity contribution in [3.8, 4) is 0 Å². The van der Waals surface area contributed by atoms with Crippen molar-refractivity contribution in [1.82, 2.24) is 19.9 Å². The minimum absolute atomic E-state index is 0.0172. The molecule has 0 aromatic carbocycles. The number of amides is 1. The molecule has 1 aromatic rings. The number of carboxylic acids is 1. The number of carbonyl (C=O) groups excluding carboxylic acids is 1. The lowest BCUT2D eigenvalue weighted by molar-refractivity contribution is -0.134. The van der Waals surface area contributed by atoms with Gasteiger partial charge in [-0.15, -0.1) is 16.9 Å². The predicted octanol–water partition coefficient (Wildman–Crippen LogP) is -0.261. The molecule has 0 atom stereocenters. The second kappa shape index (κ2) is 6.71. The maximum absolute atomic E-state index is 11.8. The van der Waals surface area contributed by atoms with Gasteiger partial charge in [0.05, 0.1) is 24.6 Å². The van der Waals surface area contributed by atoms with Crippen LogP contribution in [0.15, 0.2) is 6.20 Å². The van der Waals surface area contributed by atoms with E-state index in [0.29, 0.717) is 25.4 Å². The predicted molar refractivity (Wildman–Crippen MR) is 71.8 cm³/mol. The fourth-order valence-corrected chi connectivity index (χ4v) is 2.56. The van der Waals surface area contributed by atoms with E-state index in [1.807, 2.05) is 0 Å². The largest absolute Gasteiger partial charge is 0.476 e. The zero-order valence-electron chi connectivity index (χ0n) is 11.1. The number of aromatic nitrogens is 3. The van der Waals surface area contributed by atoms with E-state index in [2.05, 4.69) is 10.3 Å². The van der Waals surface area contributed by atoms with Crippen LogP contribution in [0.3, 0.4) is 0 Å². The van der Waals surface area contributed by atoms with Gasteiger partial charge in [-0.05, 0) is 0 Å². The number of methoxy groups -OCH3 is 1. The van der Waals surface area contributed by atoms with Crippen LogP contribution < -0.4 is 0 Å². The highest BCUT2D eigenvalue weighted by molar-refractivity contribution is 7.99. The third kappa shape index (κ3) is 3.48. The first kappa shape index (κ1) is 14.8. The minimum Gasteiger partial charge on any atom is -0.476 e. The van der Waals surface area contributed by atoms with Crippen LogP contribution in [0.25, 0.3) is 0 Å². The van der Waals surface area contributed by atoms with E-state index >= 15 is 0 Å². The number of thioether (sulfide) groups is 1. The SMILES string of the molecule is COCCSCC(=O)N1CC(n2cc(C(=O)O)nn2)C1. The number of carboxylic acid groups (broad SMARTS) is 1. The summed E-state index contributed by atoms with van der Waals surface area (Å²) >= 11 is 1.54. The van der Waals surface area contributed by atoms with Crippen molar-refractivity contribution < 1.29 is 19.4 Å². The number of aromatic carboxylic acids is 1. The highest BCUT2D eigenvalue weighted by Gasteiger charge is 2.32. The molecule has 0 aliphatic carbocycles. The Balaban J connectivity index is 1.73. The van der Waals surface area contributed by atoms with Gasteiger partial charge in [-0.3, -0.25) is 4.79 Å². The highest BCUT2D eigenvalue weighted by Crippen LogP contribution is 2.21. The van der Waals surface area contributed by atoms with Crippen molar-refractivity contribution in [2.45, 2.75) is 6.04 Å². The molecular weight excluding hydrogens is 284 g/mol. The van der Waals surface area contributed by atoms with Gasteiger partial charge in [0.25, 0.3) is 0 Å². The molecule has 1 fully saturated rings. The highest BCUT2D eigenvalue weighted by atomic mass is 32.2. The van der Waals surface area contributed by atoms with Gasteiger partial charge in [0.1, 0.15) is 0 Å².